The van der Waals surface area contributed by atoms with E-state index >= 15 is 0 Å². The first kappa shape index (κ1) is 29.2. The van der Waals surface area contributed by atoms with Gasteiger partial charge in [-0.25, -0.2) is 9.59 Å². The molecule has 4 rings (SSSR count). The zero-order chi connectivity index (χ0) is 28.7. The van der Waals surface area contributed by atoms with E-state index in [1.807, 2.05) is 60.7 Å². The highest BCUT2D eigenvalue weighted by Crippen LogP contribution is 2.15. The van der Waals surface area contributed by atoms with E-state index in [0.717, 1.165) is 22.3 Å². The summed E-state index contributed by atoms with van der Waals surface area (Å²) in [5.74, 6) is 0. The molecule has 2 amide bonds. The topological polar surface area (TPSA) is 123 Å². The molecule has 0 aliphatic rings. The highest BCUT2D eigenvalue weighted by Gasteiger charge is 2.27. The average molecular weight is 555 g/mol. The maximum Gasteiger partial charge on any atom is 0.407 e. The molecule has 0 saturated heterocycles. The Morgan fingerprint density at radius 2 is 1.10 bits per heavy atom. The molecule has 212 valence electrons. The van der Waals surface area contributed by atoms with Crippen molar-refractivity contribution in [2.75, 3.05) is 0 Å². The minimum atomic E-state index is -1.00. The number of amides is 2. The van der Waals surface area contributed by atoms with Crippen molar-refractivity contribution in [3.05, 3.63) is 132 Å². The molecule has 0 fully saturated rings. The van der Waals surface area contributed by atoms with Gasteiger partial charge in [0.2, 0.25) is 0 Å². The second-order valence-electron chi connectivity index (χ2n) is 9.64. The van der Waals surface area contributed by atoms with Gasteiger partial charge in [-0.1, -0.05) is 60.7 Å². The molecule has 3 atom stereocenters. The minimum Gasteiger partial charge on any atom is -0.445 e. The standard InChI is InChI=1S/C32H34N4O5/c37-30(29(20-25-9-5-2-6-10-25)36-32(39)41-23-27-13-17-34-18-14-27)21-28(19-24-7-3-1-4-8-24)35-31(38)40-22-26-11-15-33-16-12-26/h1-18,28-30,37H,19-23H2,(H,35,38)(H,36,39)/t28-,29-,30-/m0/s1. The molecule has 0 aliphatic heterocycles. The fourth-order valence-electron chi connectivity index (χ4n) is 4.36. The van der Waals surface area contributed by atoms with Crippen LogP contribution in [-0.4, -0.2) is 45.4 Å². The molecule has 3 N–H and O–H groups in total. The molecule has 0 radical (unpaired) electrons. The Balaban J connectivity index is 1.43. The third-order valence-corrected chi connectivity index (χ3v) is 6.48. The van der Waals surface area contributed by atoms with Gasteiger partial charge in [-0.15, -0.1) is 0 Å². The lowest BCUT2D eigenvalue weighted by molar-refractivity contribution is 0.0861. The number of hydrogen-bond acceptors (Lipinski definition) is 7. The third kappa shape index (κ3) is 10.4. The molecule has 41 heavy (non-hydrogen) atoms. The van der Waals surface area contributed by atoms with Gasteiger partial charge in [-0.3, -0.25) is 9.97 Å². The number of aliphatic hydroxyl groups excluding tert-OH is 1. The van der Waals surface area contributed by atoms with Gasteiger partial charge in [0, 0.05) is 30.8 Å². The highest BCUT2D eigenvalue weighted by atomic mass is 16.6. The van der Waals surface area contributed by atoms with Crippen molar-refractivity contribution in [3.8, 4) is 0 Å². The molecular weight excluding hydrogens is 520 g/mol. The number of rotatable bonds is 13. The minimum absolute atomic E-state index is 0.0734. The number of hydrogen-bond donors (Lipinski definition) is 3. The number of alkyl carbamates (subject to hydrolysis) is 2. The number of aromatic nitrogens is 2. The summed E-state index contributed by atoms with van der Waals surface area (Å²) < 4.78 is 10.8. The molecule has 9 heteroatoms. The fraction of sp³-hybridized carbons (Fsp3) is 0.250. The van der Waals surface area contributed by atoms with Gasteiger partial charge in [0.1, 0.15) is 13.2 Å². The molecule has 0 spiro atoms. The van der Waals surface area contributed by atoms with E-state index in [4.69, 9.17) is 9.47 Å². The van der Waals surface area contributed by atoms with Gasteiger partial charge >= 0.3 is 12.2 Å². The van der Waals surface area contributed by atoms with Gasteiger partial charge < -0.3 is 25.2 Å². The van der Waals surface area contributed by atoms with E-state index in [0.29, 0.717) is 12.8 Å². The fourth-order valence-corrected chi connectivity index (χ4v) is 4.36. The maximum atomic E-state index is 12.7. The highest BCUT2D eigenvalue weighted by molar-refractivity contribution is 5.68. The van der Waals surface area contributed by atoms with Crippen molar-refractivity contribution in [1.82, 2.24) is 20.6 Å². The van der Waals surface area contributed by atoms with Gasteiger partial charge in [0.15, 0.2) is 0 Å². The quantitative estimate of drug-likeness (QED) is 0.221. The third-order valence-electron chi connectivity index (χ3n) is 6.48. The molecule has 4 aromatic rings. The average Bonchev–Trinajstić information content (AvgIpc) is 3.01. The number of benzene rings is 2. The van der Waals surface area contributed by atoms with Crippen LogP contribution < -0.4 is 10.6 Å². The number of ether oxygens (including phenoxy) is 2. The van der Waals surface area contributed by atoms with Crippen LogP contribution in [0.5, 0.6) is 0 Å². The van der Waals surface area contributed by atoms with Crippen LogP contribution in [0.25, 0.3) is 0 Å². The zero-order valence-corrected chi connectivity index (χ0v) is 22.6. The first-order chi connectivity index (χ1) is 20.0. The number of aliphatic hydroxyl groups is 1. The number of carbonyl (C=O) groups excluding carboxylic acids is 2. The van der Waals surface area contributed by atoms with E-state index in [9.17, 15) is 14.7 Å². The molecule has 0 aliphatic carbocycles. The van der Waals surface area contributed by atoms with Crippen LogP contribution in [-0.2, 0) is 35.5 Å². The van der Waals surface area contributed by atoms with Crippen molar-refractivity contribution < 1.29 is 24.2 Å². The van der Waals surface area contributed by atoms with Gasteiger partial charge in [0.05, 0.1) is 12.1 Å². The van der Waals surface area contributed by atoms with Crippen molar-refractivity contribution in [3.63, 3.8) is 0 Å². The molecule has 0 bridgehead atoms. The summed E-state index contributed by atoms with van der Waals surface area (Å²) in [5.41, 5.74) is 3.54. The van der Waals surface area contributed by atoms with Crippen LogP contribution in [0.4, 0.5) is 9.59 Å². The Hall–Kier alpha value is -4.76. The summed E-state index contributed by atoms with van der Waals surface area (Å²) in [5, 5.41) is 17.1. The molecular formula is C32H34N4O5. The summed E-state index contributed by atoms with van der Waals surface area (Å²) >= 11 is 0. The Morgan fingerprint density at radius 1 is 0.634 bits per heavy atom. The second-order valence-corrected chi connectivity index (χ2v) is 9.64. The molecule has 2 aromatic carbocycles. The normalized spacial score (nSPS) is 12.9. The van der Waals surface area contributed by atoms with E-state index in [1.54, 1.807) is 49.1 Å². The molecule has 9 nitrogen and oxygen atoms in total. The smallest absolute Gasteiger partial charge is 0.407 e. The number of carbonyl (C=O) groups is 2. The Kier molecular flexibility index (Phi) is 11.2. The molecule has 0 unspecified atom stereocenters. The monoisotopic (exact) mass is 554 g/mol. The van der Waals surface area contributed by atoms with E-state index in [1.165, 1.54) is 0 Å². The van der Waals surface area contributed by atoms with Crippen LogP contribution in [0, 0.1) is 0 Å². The van der Waals surface area contributed by atoms with Crippen LogP contribution in [0.3, 0.4) is 0 Å². The zero-order valence-electron chi connectivity index (χ0n) is 22.6. The van der Waals surface area contributed by atoms with Crippen LogP contribution in [0.2, 0.25) is 0 Å². The number of pyridine rings is 2. The first-order valence-corrected chi connectivity index (χ1v) is 13.5. The lowest BCUT2D eigenvalue weighted by Crippen LogP contribution is -2.48. The predicted molar refractivity (Wildman–Crippen MR) is 154 cm³/mol. The molecule has 2 heterocycles. The Labute approximate surface area is 239 Å². The Morgan fingerprint density at radius 3 is 1.61 bits per heavy atom. The number of nitrogens with zero attached hydrogens (tertiary/aromatic N) is 2. The van der Waals surface area contributed by atoms with Crippen LogP contribution in [0.1, 0.15) is 28.7 Å². The van der Waals surface area contributed by atoms with Gasteiger partial charge in [-0.2, -0.15) is 0 Å². The van der Waals surface area contributed by atoms with Crippen molar-refractivity contribution in [2.45, 2.75) is 50.7 Å². The van der Waals surface area contributed by atoms with Crippen LogP contribution in [0.15, 0.2) is 110 Å². The van der Waals surface area contributed by atoms with Crippen LogP contribution >= 0.6 is 0 Å². The maximum absolute atomic E-state index is 12.7. The molecule has 0 saturated carbocycles. The van der Waals surface area contributed by atoms with Crippen molar-refractivity contribution in [2.24, 2.45) is 0 Å². The van der Waals surface area contributed by atoms with E-state index in [-0.39, 0.29) is 19.6 Å². The van der Waals surface area contributed by atoms with Gasteiger partial charge in [-0.05, 0) is 65.8 Å². The SMILES string of the molecule is O=C(N[C@@H](Cc1ccccc1)C[C@H](O)[C@H](Cc1ccccc1)NC(=O)OCc1ccncc1)OCc1ccncc1. The van der Waals surface area contributed by atoms with E-state index in [2.05, 4.69) is 20.6 Å². The summed E-state index contributed by atoms with van der Waals surface area (Å²) in [6.45, 7) is 0.167. The molecule has 2 aromatic heterocycles. The Bertz CT molecular complexity index is 1330. The second kappa shape index (κ2) is 15.7. The first-order valence-electron chi connectivity index (χ1n) is 13.5. The van der Waals surface area contributed by atoms with Crippen molar-refractivity contribution in [1.29, 1.82) is 0 Å². The predicted octanol–water partition coefficient (Wildman–Crippen LogP) is 4.60. The largest absolute Gasteiger partial charge is 0.445 e. The van der Waals surface area contributed by atoms with Gasteiger partial charge in [0.25, 0.3) is 0 Å². The van der Waals surface area contributed by atoms with E-state index < -0.39 is 30.4 Å². The van der Waals surface area contributed by atoms with Crippen molar-refractivity contribution >= 4 is 12.2 Å². The lowest BCUT2D eigenvalue weighted by Gasteiger charge is -2.28. The summed E-state index contributed by atoms with van der Waals surface area (Å²) in [6.07, 6.45) is 5.27. The summed E-state index contributed by atoms with van der Waals surface area (Å²) in [6, 6.07) is 25.2. The lowest BCUT2D eigenvalue weighted by atomic mass is 9.94. The number of nitrogens with one attached hydrogen (secondary N) is 2. The summed E-state index contributed by atoms with van der Waals surface area (Å²) in [7, 11) is 0. The summed E-state index contributed by atoms with van der Waals surface area (Å²) in [4.78, 5) is 33.4.